The molecule has 0 radical (unpaired) electrons. The molecular weight excluding hydrogens is 230 g/mol. The van der Waals surface area contributed by atoms with Crippen LogP contribution in [-0.2, 0) is 16.0 Å². The molecule has 0 spiro atoms. The largest absolute Gasteiger partial charge is 0.399 e. The fraction of sp³-hybridized carbons (Fsp3) is 0.385. The van der Waals surface area contributed by atoms with Crippen molar-refractivity contribution in [1.82, 2.24) is 4.90 Å². The van der Waals surface area contributed by atoms with Crippen molar-refractivity contribution in [3.05, 3.63) is 29.8 Å². The Labute approximate surface area is 106 Å². The van der Waals surface area contributed by atoms with Crippen LogP contribution in [0, 0.1) is 5.92 Å². The summed E-state index contributed by atoms with van der Waals surface area (Å²) in [4.78, 5) is 24.8. The Balaban J connectivity index is 1.95. The number of anilines is 1. The van der Waals surface area contributed by atoms with Gasteiger partial charge < -0.3 is 16.4 Å². The van der Waals surface area contributed by atoms with E-state index in [9.17, 15) is 9.59 Å². The Morgan fingerprint density at radius 3 is 2.78 bits per heavy atom. The lowest BCUT2D eigenvalue weighted by Gasteiger charge is -2.16. The minimum Gasteiger partial charge on any atom is -0.399 e. The average Bonchev–Trinajstić information content (AvgIpc) is 2.78. The van der Waals surface area contributed by atoms with Crippen LogP contribution < -0.4 is 11.5 Å². The van der Waals surface area contributed by atoms with Crippen LogP contribution in [0.5, 0.6) is 0 Å². The summed E-state index contributed by atoms with van der Waals surface area (Å²) < 4.78 is 0. The van der Waals surface area contributed by atoms with Crippen LogP contribution in [-0.4, -0.2) is 29.8 Å². The first-order valence-corrected chi connectivity index (χ1v) is 5.98. The molecule has 0 aromatic heterocycles. The van der Waals surface area contributed by atoms with Gasteiger partial charge in [-0.3, -0.25) is 9.59 Å². The first-order chi connectivity index (χ1) is 8.56. The number of hydrogen-bond acceptors (Lipinski definition) is 3. The fourth-order valence-corrected chi connectivity index (χ4v) is 2.21. The van der Waals surface area contributed by atoms with Gasteiger partial charge in [0.1, 0.15) is 0 Å². The zero-order chi connectivity index (χ0) is 13.1. The lowest BCUT2D eigenvalue weighted by molar-refractivity contribution is -0.129. The zero-order valence-corrected chi connectivity index (χ0v) is 10.1. The number of rotatable bonds is 3. The van der Waals surface area contributed by atoms with E-state index in [1.807, 2.05) is 12.1 Å². The van der Waals surface area contributed by atoms with Gasteiger partial charge in [0.2, 0.25) is 11.8 Å². The molecule has 1 saturated heterocycles. The molecule has 1 aromatic rings. The smallest absolute Gasteiger partial charge is 0.227 e. The van der Waals surface area contributed by atoms with Crippen molar-refractivity contribution in [2.24, 2.45) is 11.7 Å². The standard InChI is InChI=1S/C13H17N3O2/c14-11-3-1-2-9(6-11)7-12(17)16-5-4-10(8-16)13(15)18/h1-3,6,10H,4-5,7-8,14H2,(H2,15,18). The van der Waals surface area contributed by atoms with Crippen LogP contribution in [0.2, 0.25) is 0 Å². The molecule has 1 aromatic carbocycles. The molecule has 96 valence electrons. The number of nitrogens with zero attached hydrogens (tertiary/aromatic N) is 1. The van der Waals surface area contributed by atoms with Crippen LogP contribution in [0.25, 0.3) is 0 Å². The summed E-state index contributed by atoms with van der Waals surface area (Å²) in [5.41, 5.74) is 12.4. The van der Waals surface area contributed by atoms with E-state index >= 15 is 0 Å². The molecule has 0 saturated carbocycles. The van der Waals surface area contributed by atoms with Gasteiger partial charge in [-0.05, 0) is 24.1 Å². The summed E-state index contributed by atoms with van der Waals surface area (Å²) >= 11 is 0. The number of nitrogens with two attached hydrogens (primary N) is 2. The Kier molecular flexibility index (Phi) is 3.50. The molecule has 5 nitrogen and oxygen atoms in total. The Morgan fingerprint density at radius 2 is 2.17 bits per heavy atom. The maximum absolute atomic E-state index is 12.0. The molecule has 1 aliphatic heterocycles. The number of likely N-dealkylation sites (tertiary alicyclic amines) is 1. The monoisotopic (exact) mass is 247 g/mol. The topological polar surface area (TPSA) is 89.4 Å². The maximum atomic E-state index is 12.0. The molecule has 2 amide bonds. The normalized spacial score (nSPS) is 18.9. The molecule has 0 aliphatic carbocycles. The van der Waals surface area contributed by atoms with E-state index in [4.69, 9.17) is 11.5 Å². The molecule has 1 unspecified atom stereocenters. The third-order valence-corrected chi connectivity index (χ3v) is 3.25. The van der Waals surface area contributed by atoms with Gasteiger partial charge in [-0.2, -0.15) is 0 Å². The predicted molar refractivity (Wildman–Crippen MR) is 68.4 cm³/mol. The molecule has 2 rings (SSSR count). The summed E-state index contributed by atoms with van der Waals surface area (Å²) in [6, 6.07) is 7.27. The quantitative estimate of drug-likeness (QED) is 0.745. The predicted octanol–water partition coefficient (Wildman–Crippen LogP) is 0.145. The highest BCUT2D eigenvalue weighted by atomic mass is 16.2. The second-order valence-corrected chi connectivity index (χ2v) is 4.65. The van der Waals surface area contributed by atoms with E-state index in [1.54, 1.807) is 17.0 Å². The summed E-state index contributed by atoms with van der Waals surface area (Å²) in [5, 5.41) is 0. The van der Waals surface area contributed by atoms with Gasteiger partial charge in [-0.1, -0.05) is 12.1 Å². The third kappa shape index (κ3) is 2.80. The van der Waals surface area contributed by atoms with Crippen molar-refractivity contribution in [2.45, 2.75) is 12.8 Å². The first kappa shape index (κ1) is 12.4. The number of nitrogen functional groups attached to an aromatic ring is 1. The average molecular weight is 247 g/mol. The zero-order valence-electron chi connectivity index (χ0n) is 10.1. The maximum Gasteiger partial charge on any atom is 0.227 e. The van der Waals surface area contributed by atoms with Crippen LogP contribution in [0.3, 0.4) is 0 Å². The number of amides is 2. The number of primary amides is 1. The summed E-state index contributed by atoms with van der Waals surface area (Å²) in [5.74, 6) is -0.506. The summed E-state index contributed by atoms with van der Waals surface area (Å²) in [6.07, 6.45) is 0.981. The lowest BCUT2D eigenvalue weighted by Crippen LogP contribution is -2.32. The number of carbonyl (C=O) groups is 2. The van der Waals surface area contributed by atoms with Crippen LogP contribution in [0.15, 0.2) is 24.3 Å². The van der Waals surface area contributed by atoms with Gasteiger partial charge in [0.15, 0.2) is 0 Å². The van der Waals surface area contributed by atoms with Crippen molar-refractivity contribution in [1.29, 1.82) is 0 Å². The van der Waals surface area contributed by atoms with Gasteiger partial charge in [0, 0.05) is 18.8 Å². The molecule has 4 N–H and O–H groups in total. The van der Waals surface area contributed by atoms with Gasteiger partial charge in [0.05, 0.1) is 12.3 Å². The molecule has 1 heterocycles. The fourth-order valence-electron chi connectivity index (χ4n) is 2.21. The van der Waals surface area contributed by atoms with E-state index in [-0.39, 0.29) is 17.7 Å². The molecule has 5 heteroatoms. The second-order valence-electron chi connectivity index (χ2n) is 4.65. The molecule has 0 bridgehead atoms. The van der Waals surface area contributed by atoms with Crippen molar-refractivity contribution in [2.75, 3.05) is 18.8 Å². The van der Waals surface area contributed by atoms with Gasteiger partial charge in [0.25, 0.3) is 0 Å². The van der Waals surface area contributed by atoms with Crippen LogP contribution in [0.1, 0.15) is 12.0 Å². The highest BCUT2D eigenvalue weighted by molar-refractivity contribution is 5.82. The Hall–Kier alpha value is -2.04. The van der Waals surface area contributed by atoms with Crippen molar-refractivity contribution in [3.8, 4) is 0 Å². The molecular formula is C13H17N3O2. The number of hydrogen-bond donors (Lipinski definition) is 2. The SMILES string of the molecule is NC(=O)C1CCN(C(=O)Cc2cccc(N)c2)C1. The molecule has 1 aliphatic rings. The van der Waals surface area contributed by atoms with Gasteiger partial charge in [-0.25, -0.2) is 0 Å². The molecule has 1 atom stereocenters. The Bertz CT molecular complexity index is 473. The summed E-state index contributed by atoms with van der Waals surface area (Å²) in [7, 11) is 0. The van der Waals surface area contributed by atoms with Crippen molar-refractivity contribution < 1.29 is 9.59 Å². The minimum absolute atomic E-state index is 0.0179. The molecule has 1 fully saturated rings. The van der Waals surface area contributed by atoms with Crippen molar-refractivity contribution >= 4 is 17.5 Å². The van der Waals surface area contributed by atoms with Crippen molar-refractivity contribution in [3.63, 3.8) is 0 Å². The number of carbonyl (C=O) groups excluding carboxylic acids is 2. The lowest BCUT2D eigenvalue weighted by atomic mass is 10.1. The van der Waals surface area contributed by atoms with Crippen LogP contribution in [0.4, 0.5) is 5.69 Å². The van der Waals surface area contributed by atoms with Crippen LogP contribution >= 0.6 is 0 Å². The van der Waals surface area contributed by atoms with Gasteiger partial charge in [-0.15, -0.1) is 0 Å². The summed E-state index contributed by atoms with van der Waals surface area (Å²) in [6.45, 7) is 1.05. The van der Waals surface area contributed by atoms with E-state index in [2.05, 4.69) is 0 Å². The van der Waals surface area contributed by atoms with E-state index in [0.29, 0.717) is 31.6 Å². The van der Waals surface area contributed by atoms with E-state index in [1.165, 1.54) is 0 Å². The van der Waals surface area contributed by atoms with Gasteiger partial charge >= 0.3 is 0 Å². The highest BCUT2D eigenvalue weighted by Crippen LogP contribution is 2.17. The Morgan fingerprint density at radius 1 is 1.39 bits per heavy atom. The highest BCUT2D eigenvalue weighted by Gasteiger charge is 2.29. The van der Waals surface area contributed by atoms with E-state index < -0.39 is 0 Å². The number of benzene rings is 1. The molecule has 18 heavy (non-hydrogen) atoms. The third-order valence-electron chi connectivity index (χ3n) is 3.25. The second kappa shape index (κ2) is 5.08. The minimum atomic E-state index is -0.325. The first-order valence-electron chi connectivity index (χ1n) is 5.98. The van der Waals surface area contributed by atoms with E-state index in [0.717, 1.165) is 5.56 Å².